The van der Waals surface area contributed by atoms with Gasteiger partial charge in [-0.2, -0.15) is 0 Å². The molecule has 0 radical (unpaired) electrons. The number of hydrogen-bond acceptors (Lipinski definition) is 4. The maximum atomic E-state index is 12.1. The molecule has 0 unspecified atom stereocenters. The van der Waals surface area contributed by atoms with Crippen LogP contribution in [0.2, 0.25) is 0 Å². The molecule has 0 atom stereocenters. The van der Waals surface area contributed by atoms with Crippen LogP contribution in [0.25, 0.3) is 0 Å². The SMILES string of the molecule is CCCCCOC(=O)c1cc(S(=O)(=O)Cl)cn1C1CCC1. The van der Waals surface area contributed by atoms with Gasteiger partial charge < -0.3 is 9.30 Å². The van der Waals surface area contributed by atoms with Crippen molar-refractivity contribution in [3.05, 3.63) is 18.0 Å². The third-order valence-electron chi connectivity index (χ3n) is 3.76. The number of rotatable bonds is 7. The lowest BCUT2D eigenvalue weighted by molar-refractivity contribution is 0.0479. The Morgan fingerprint density at radius 3 is 2.67 bits per heavy atom. The standard InChI is InChI=1S/C14H20ClNO4S/c1-2-3-4-8-20-14(17)13-9-12(21(15,18)19)10-16(13)11-6-5-7-11/h9-11H,2-8H2,1H3. The first kappa shape index (κ1) is 16.4. The van der Waals surface area contributed by atoms with Gasteiger partial charge in [0.25, 0.3) is 9.05 Å². The van der Waals surface area contributed by atoms with Gasteiger partial charge in [0.15, 0.2) is 0 Å². The minimum atomic E-state index is -3.84. The molecule has 21 heavy (non-hydrogen) atoms. The molecule has 2 rings (SSSR count). The third kappa shape index (κ3) is 4.01. The van der Waals surface area contributed by atoms with Gasteiger partial charge in [-0.15, -0.1) is 0 Å². The average Bonchev–Trinajstić information content (AvgIpc) is 2.77. The topological polar surface area (TPSA) is 65.4 Å². The van der Waals surface area contributed by atoms with Crippen molar-refractivity contribution in [3.8, 4) is 0 Å². The monoisotopic (exact) mass is 333 g/mol. The van der Waals surface area contributed by atoms with Gasteiger partial charge in [0.05, 0.1) is 6.61 Å². The molecule has 0 aromatic carbocycles. The van der Waals surface area contributed by atoms with Crippen LogP contribution in [0.3, 0.4) is 0 Å². The van der Waals surface area contributed by atoms with Crippen LogP contribution in [-0.2, 0) is 13.8 Å². The molecule has 1 aliphatic rings. The van der Waals surface area contributed by atoms with E-state index in [1.807, 2.05) is 0 Å². The minimum absolute atomic E-state index is 0.0448. The van der Waals surface area contributed by atoms with Crippen LogP contribution >= 0.6 is 10.7 Å². The predicted octanol–water partition coefficient (Wildman–Crippen LogP) is 3.49. The number of carbonyl (C=O) groups is 1. The second kappa shape index (κ2) is 6.83. The Balaban J connectivity index is 2.16. The van der Waals surface area contributed by atoms with E-state index in [9.17, 15) is 13.2 Å². The van der Waals surface area contributed by atoms with Crippen molar-refractivity contribution >= 4 is 25.7 Å². The van der Waals surface area contributed by atoms with E-state index in [0.717, 1.165) is 38.5 Å². The van der Waals surface area contributed by atoms with E-state index < -0.39 is 15.0 Å². The fourth-order valence-corrected chi connectivity index (χ4v) is 3.05. The Hall–Kier alpha value is -1.01. The molecule has 1 heterocycles. The number of esters is 1. The molecule has 0 spiro atoms. The molecule has 7 heteroatoms. The Bertz CT molecular complexity index is 604. The summed E-state index contributed by atoms with van der Waals surface area (Å²) >= 11 is 0. The summed E-state index contributed by atoms with van der Waals surface area (Å²) in [5.41, 5.74) is 0.274. The van der Waals surface area contributed by atoms with Crippen LogP contribution in [0.4, 0.5) is 0 Å². The summed E-state index contributed by atoms with van der Waals surface area (Å²) in [7, 11) is 1.53. The molecule has 0 aliphatic heterocycles. The molecule has 0 N–H and O–H groups in total. The fraction of sp³-hybridized carbons (Fsp3) is 0.643. The van der Waals surface area contributed by atoms with E-state index in [1.54, 1.807) is 4.57 Å². The lowest BCUT2D eigenvalue weighted by Gasteiger charge is -2.28. The largest absolute Gasteiger partial charge is 0.461 e. The van der Waals surface area contributed by atoms with E-state index in [4.69, 9.17) is 15.4 Å². The first-order chi connectivity index (χ1) is 9.93. The number of halogens is 1. The highest BCUT2D eigenvalue weighted by Crippen LogP contribution is 2.34. The summed E-state index contributed by atoms with van der Waals surface area (Å²) in [5, 5.41) is 0. The Labute approximate surface area is 129 Å². The number of ether oxygens (including phenoxy) is 1. The van der Waals surface area contributed by atoms with Crippen molar-refractivity contribution in [2.75, 3.05) is 6.61 Å². The van der Waals surface area contributed by atoms with Crippen molar-refractivity contribution in [2.45, 2.75) is 56.4 Å². The smallest absolute Gasteiger partial charge is 0.354 e. The van der Waals surface area contributed by atoms with Crippen LogP contribution in [-0.4, -0.2) is 25.6 Å². The Morgan fingerprint density at radius 1 is 1.43 bits per heavy atom. The molecule has 1 aliphatic carbocycles. The zero-order valence-corrected chi connectivity index (χ0v) is 13.6. The lowest BCUT2D eigenvalue weighted by atomic mass is 9.93. The second-order valence-electron chi connectivity index (χ2n) is 5.33. The number of hydrogen-bond donors (Lipinski definition) is 0. The van der Waals surface area contributed by atoms with E-state index >= 15 is 0 Å². The van der Waals surface area contributed by atoms with E-state index in [0.29, 0.717) is 6.61 Å². The highest BCUT2D eigenvalue weighted by atomic mass is 35.7. The average molecular weight is 334 g/mol. The van der Waals surface area contributed by atoms with Crippen LogP contribution in [0, 0.1) is 0 Å². The van der Waals surface area contributed by atoms with E-state index in [-0.39, 0.29) is 16.6 Å². The number of unbranched alkanes of at least 4 members (excludes halogenated alkanes) is 2. The molecule has 0 saturated heterocycles. The van der Waals surface area contributed by atoms with Crippen molar-refractivity contribution in [1.82, 2.24) is 4.57 Å². The van der Waals surface area contributed by atoms with Crippen LogP contribution in [0.5, 0.6) is 0 Å². The molecule has 1 aromatic heterocycles. The highest BCUT2D eigenvalue weighted by Gasteiger charge is 2.27. The molecule has 5 nitrogen and oxygen atoms in total. The second-order valence-corrected chi connectivity index (χ2v) is 7.90. The lowest BCUT2D eigenvalue weighted by Crippen LogP contribution is -2.21. The molecule has 1 aromatic rings. The van der Waals surface area contributed by atoms with Crippen LogP contribution < -0.4 is 0 Å². The molecular formula is C14H20ClNO4S. The van der Waals surface area contributed by atoms with Gasteiger partial charge in [-0.25, -0.2) is 13.2 Å². The summed E-state index contributed by atoms with van der Waals surface area (Å²) in [4.78, 5) is 12.1. The van der Waals surface area contributed by atoms with Gasteiger partial charge in [-0.1, -0.05) is 19.8 Å². The molecule has 1 saturated carbocycles. The number of carbonyl (C=O) groups excluding carboxylic acids is 1. The zero-order valence-electron chi connectivity index (χ0n) is 12.0. The zero-order chi connectivity index (χ0) is 15.5. The molecule has 118 valence electrons. The summed E-state index contributed by atoms with van der Waals surface area (Å²) in [6.07, 6.45) is 7.25. The highest BCUT2D eigenvalue weighted by molar-refractivity contribution is 8.13. The summed E-state index contributed by atoms with van der Waals surface area (Å²) < 4.78 is 29.8. The van der Waals surface area contributed by atoms with Gasteiger partial charge in [0.2, 0.25) is 0 Å². The van der Waals surface area contributed by atoms with Crippen LogP contribution in [0.15, 0.2) is 17.2 Å². The van der Waals surface area contributed by atoms with Crippen molar-refractivity contribution in [1.29, 1.82) is 0 Å². The predicted molar refractivity (Wildman–Crippen MR) is 80.2 cm³/mol. The Kier molecular flexibility index (Phi) is 5.32. The normalized spacial score (nSPS) is 15.7. The van der Waals surface area contributed by atoms with E-state index in [2.05, 4.69) is 6.92 Å². The summed E-state index contributed by atoms with van der Waals surface area (Å²) in [6.45, 7) is 2.42. The fourth-order valence-electron chi connectivity index (χ4n) is 2.31. The van der Waals surface area contributed by atoms with Gasteiger partial charge in [-0.3, -0.25) is 0 Å². The first-order valence-electron chi connectivity index (χ1n) is 7.27. The quantitative estimate of drug-likeness (QED) is 0.435. The summed E-state index contributed by atoms with van der Waals surface area (Å²) in [5.74, 6) is -0.482. The molecule has 0 bridgehead atoms. The maximum absolute atomic E-state index is 12.1. The summed E-state index contributed by atoms with van der Waals surface area (Å²) in [6, 6.07) is 1.47. The number of nitrogens with zero attached hydrogens (tertiary/aromatic N) is 1. The van der Waals surface area contributed by atoms with E-state index in [1.165, 1.54) is 12.3 Å². The number of aromatic nitrogens is 1. The Morgan fingerprint density at radius 2 is 2.14 bits per heavy atom. The molecular weight excluding hydrogens is 314 g/mol. The molecule has 0 amide bonds. The van der Waals surface area contributed by atoms with Gasteiger partial charge in [0.1, 0.15) is 10.6 Å². The molecule has 1 fully saturated rings. The maximum Gasteiger partial charge on any atom is 0.354 e. The van der Waals surface area contributed by atoms with Crippen molar-refractivity contribution < 1.29 is 17.9 Å². The van der Waals surface area contributed by atoms with Crippen LogP contribution in [0.1, 0.15) is 62.0 Å². The van der Waals surface area contributed by atoms with Crippen molar-refractivity contribution in [3.63, 3.8) is 0 Å². The first-order valence-corrected chi connectivity index (χ1v) is 9.58. The van der Waals surface area contributed by atoms with Gasteiger partial charge in [0, 0.05) is 22.9 Å². The van der Waals surface area contributed by atoms with Crippen molar-refractivity contribution in [2.24, 2.45) is 0 Å². The minimum Gasteiger partial charge on any atom is -0.461 e. The van der Waals surface area contributed by atoms with Gasteiger partial charge in [-0.05, 0) is 31.7 Å². The third-order valence-corrected chi connectivity index (χ3v) is 5.08. The van der Waals surface area contributed by atoms with Gasteiger partial charge >= 0.3 is 5.97 Å².